The van der Waals surface area contributed by atoms with Crippen molar-refractivity contribution >= 4 is 5.91 Å². The van der Waals surface area contributed by atoms with Crippen molar-refractivity contribution in [1.29, 1.82) is 0 Å². The van der Waals surface area contributed by atoms with Crippen molar-refractivity contribution in [1.82, 2.24) is 5.32 Å². The molecule has 5 fully saturated rings. The molecule has 1 amide bonds. The van der Waals surface area contributed by atoms with E-state index < -0.39 is 12.1 Å². The summed E-state index contributed by atoms with van der Waals surface area (Å²) in [5.74, 6) is 2.77. The van der Waals surface area contributed by atoms with Gasteiger partial charge in [0.05, 0.1) is 0 Å². The van der Waals surface area contributed by atoms with Gasteiger partial charge < -0.3 is 16.2 Å². The van der Waals surface area contributed by atoms with E-state index in [0.717, 1.165) is 43.4 Å². The van der Waals surface area contributed by atoms with E-state index in [1.165, 1.54) is 51.4 Å². The summed E-state index contributed by atoms with van der Waals surface area (Å²) in [6.45, 7) is 0. The number of amides is 1. The zero-order chi connectivity index (χ0) is 16.7. The van der Waals surface area contributed by atoms with Crippen molar-refractivity contribution in [2.45, 2.75) is 94.7 Å². The van der Waals surface area contributed by atoms with E-state index in [9.17, 15) is 9.90 Å². The summed E-state index contributed by atoms with van der Waals surface area (Å²) in [5.41, 5.74) is 6.17. The fourth-order valence-corrected chi connectivity index (χ4v) is 6.73. The third-order valence-corrected chi connectivity index (χ3v) is 7.43. The van der Waals surface area contributed by atoms with Crippen LogP contribution in [0.5, 0.6) is 0 Å². The Morgan fingerprint density at radius 1 is 1.04 bits per heavy atom. The fourth-order valence-electron chi connectivity index (χ4n) is 6.73. The van der Waals surface area contributed by atoms with E-state index in [-0.39, 0.29) is 11.4 Å². The summed E-state index contributed by atoms with van der Waals surface area (Å²) in [5, 5.41) is 13.8. The molecule has 5 saturated carbocycles. The Labute approximate surface area is 145 Å². The molecular formula is C20H34N2O2. The van der Waals surface area contributed by atoms with E-state index in [1.807, 2.05) is 0 Å². The molecule has 24 heavy (non-hydrogen) atoms. The van der Waals surface area contributed by atoms with Crippen molar-refractivity contribution in [2.75, 3.05) is 0 Å². The van der Waals surface area contributed by atoms with Gasteiger partial charge in [0.2, 0.25) is 0 Å². The Morgan fingerprint density at radius 3 is 2.12 bits per heavy atom. The molecule has 0 saturated heterocycles. The van der Waals surface area contributed by atoms with Crippen LogP contribution in [0.3, 0.4) is 0 Å². The van der Waals surface area contributed by atoms with Gasteiger partial charge in [-0.15, -0.1) is 0 Å². The maximum atomic E-state index is 12.7. The summed E-state index contributed by atoms with van der Waals surface area (Å²) >= 11 is 0. The van der Waals surface area contributed by atoms with Crippen molar-refractivity contribution < 1.29 is 9.90 Å². The molecule has 4 nitrogen and oxygen atoms in total. The number of nitrogens with two attached hydrogens (primary N) is 1. The maximum Gasteiger partial charge on any atom is 0.250 e. The second-order valence-electron chi connectivity index (χ2n) is 9.54. The molecular weight excluding hydrogens is 300 g/mol. The molecule has 5 rings (SSSR count). The number of rotatable bonds is 5. The zero-order valence-electron chi connectivity index (χ0n) is 14.9. The van der Waals surface area contributed by atoms with Crippen LogP contribution in [0.2, 0.25) is 0 Å². The molecule has 4 bridgehead atoms. The summed E-state index contributed by atoms with van der Waals surface area (Å²) in [4.78, 5) is 12.7. The van der Waals surface area contributed by atoms with Crippen LogP contribution in [0.15, 0.2) is 0 Å². The van der Waals surface area contributed by atoms with Crippen molar-refractivity contribution in [3.8, 4) is 0 Å². The predicted molar refractivity (Wildman–Crippen MR) is 94.2 cm³/mol. The lowest BCUT2D eigenvalue weighted by molar-refractivity contribution is -0.136. The van der Waals surface area contributed by atoms with E-state index in [4.69, 9.17) is 5.73 Å². The van der Waals surface area contributed by atoms with Crippen LogP contribution in [0.4, 0.5) is 0 Å². The quantitative estimate of drug-likeness (QED) is 0.723. The first-order chi connectivity index (χ1) is 11.5. The molecule has 0 aromatic rings. The SMILES string of the molecule is N[C@H](CC1CCCCC1)C(O)C(=O)NC12CC3CC(CC(C3)C1)C2. The third-order valence-electron chi connectivity index (χ3n) is 7.43. The smallest absolute Gasteiger partial charge is 0.250 e. The molecule has 136 valence electrons. The van der Waals surface area contributed by atoms with Gasteiger partial charge in [0.25, 0.3) is 5.91 Å². The fraction of sp³-hybridized carbons (Fsp3) is 0.950. The summed E-state index contributed by atoms with van der Waals surface area (Å²) in [6, 6.07) is -0.415. The molecule has 0 radical (unpaired) electrons. The summed E-state index contributed by atoms with van der Waals surface area (Å²) < 4.78 is 0. The minimum atomic E-state index is -1.04. The highest BCUT2D eigenvalue weighted by Gasteiger charge is 2.52. The Bertz CT molecular complexity index is 437. The first kappa shape index (κ1) is 16.8. The van der Waals surface area contributed by atoms with Crippen LogP contribution < -0.4 is 11.1 Å². The molecule has 5 aliphatic carbocycles. The van der Waals surface area contributed by atoms with Crippen LogP contribution in [0.1, 0.15) is 77.0 Å². The normalized spacial score (nSPS) is 41.2. The van der Waals surface area contributed by atoms with Gasteiger partial charge in [0, 0.05) is 11.6 Å². The minimum Gasteiger partial charge on any atom is -0.382 e. The Kier molecular flexibility index (Phi) is 4.63. The zero-order valence-corrected chi connectivity index (χ0v) is 14.9. The van der Waals surface area contributed by atoms with Crippen LogP contribution >= 0.6 is 0 Å². The van der Waals surface area contributed by atoms with E-state index in [1.54, 1.807) is 0 Å². The van der Waals surface area contributed by atoms with Gasteiger partial charge in [0.15, 0.2) is 0 Å². The highest BCUT2D eigenvalue weighted by Crippen LogP contribution is 2.55. The maximum absolute atomic E-state index is 12.7. The molecule has 0 heterocycles. The first-order valence-corrected chi connectivity index (χ1v) is 10.3. The number of hydrogen-bond donors (Lipinski definition) is 3. The number of aliphatic hydroxyl groups is 1. The molecule has 0 aromatic heterocycles. The lowest BCUT2D eigenvalue weighted by atomic mass is 9.53. The topological polar surface area (TPSA) is 75.3 Å². The van der Waals surface area contributed by atoms with E-state index in [0.29, 0.717) is 5.92 Å². The van der Waals surface area contributed by atoms with Gasteiger partial charge in [0.1, 0.15) is 6.10 Å². The van der Waals surface area contributed by atoms with E-state index in [2.05, 4.69) is 5.32 Å². The predicted octanol–water partition coefficient (Wildman–Crippen LogP) is 2.73. The molecule has 0 aromatic carbocycles. The Morgan fingerprint density at radius 2 is 1.58 bits per heavy atom. The summed E-state index contributed by atoms with van der Waals surface area (Å²) in [7, 11) is 0. The highest BCUT2D eigenvalue weighted by molar-refractivity contribution is 5.82. The van der Waals surface area contributed by atoms with Crippen LogP contribution in [-0.4, -0.2) is 28.7 Å². The standard InChI is InChI=1S/C20H34N2O2/c21-17(9-13-4-2-1-3-5-13)18(23)19(24)22-20-10-14-6-15(11-20)8-16(7-14)12-20/h13-18,23H,1-12,21H2,(H,22,24)/t14?,15?,16?,17-,18?,20?/m1/s1. The number of nitrogens with one attached hydrogen (secondary N) is 1. The molecule has 2 atom stereocenters. The number of hydrogen-bond acceptors (Lipinski definition) is 3. The largest absolute Gasteiger partial charge is 0.382 e. The lowest BCUT2D eigenvalue weighted by Crippen LogP contribution is -2.62. The average molecular weight is 335 g/mol. The molecule has 4 N–H and O–H groups in total. The second-order valence-corrected chi connectivity index (χ2v) is 9.54. The lowest BCUT2D eigenvalue weighted by Gasteiger charge is -2.57. The van der Waals surface area contributed by atoms with Gasteiger partial charge in [-0.2, -0.15) is 0 Å². The van der Waals surface area contributed by atoms with Crippen molar-refractivity contribution in [3.63, 3.8) is 0 Å². The number of aliphatic hydroxyl groups excluding tert-OH is 1. The monoisotopic (exact) mass is 334 g/mol. The molecule has 0 aliphatic heterocycles. The Balaban J connectivity index is 1.33. The third kappa shape index (κ3) is 3.37. The highest BCUT2D eigenvalue weighted by atomic mass is 16.3. The minimum absolute atomic E-state index is 0.0304. The van der Waals surface area contributed by atoms with Crippen LogP contribution in [0.25, 0.3) is 0 Å². The first-order valence-electron chi connectivity index (χ1n) is 10.3. The van der Waals surface area contributed by atoms with Gasteiger partial charge >= 0.3 is 0 Å². The van der Waals surface area contributed by atoms with Gasteiger partial charge in [-0.25, -0.2) is 0 Å². The second kappa shape index (κ2) is 6.60. The van der Waals surface area contributed by atoms with Crippen LogP contribution in [-0.2, 0) is 4.79 Å². The van der Waals surface area contributed by atoms with Gasteiger partial charge in [-0.1, -0.05) is 32.1 Å². The number of carbonyl (C=O) groups is 1. The van der Waals surface area contributed by atoms with Gasteiger partial charge in [-0.05, 0) is 68.6 Å². The molecule has 1 unspecified atom stereocenters. The van der Waals surface area contributed by atoms with Crippen molar-refractivity contribution in [2.24, 2.45) is 29.4 Å². The average Bonchev–Trinajstić information content (AvgIpc) is 2.53. The molecule has 0 spiro atoms. The summed E-state index contributed by atoms with van der Waals surface area (Å²) in [6.07, 6.45) is 13.5. The Hall–Kier alpha value is -0.610. The van der Waals surface area contributed by atoms with Crippen molar-refractivity contribution in [3.05, 3.63) is 0 Å². The molecule has 4 heteroatoms. The number of carbonyl (C=O) groups excluding carboxylic acids is 1. The van der Waals surface area contributed by atoms with Gasteiger partial charge in [-0.3, -0.25) is 4.79 Å². The molecule has 5 aliphatic rings. The van der Waals surface area contributed by atoms with Crippen LogP contribution in [0, 0.1) is 23.7 Å². The van der Waals surface area contributed by atoms with E-state index >= 15 is 0 Å².